The van der Waals surface area contributed by atoms with Gasteiger partial charge in [-0.2, -0.15) is 0 Å². The van der Waals surface area contributed by atoms with Crippen LogP contribution in [0.15, 0.2) is 24.3 Å². The van der Waals surface area contributed by atoms with Gasteiger partial charge in [0, 0.05) is 6.54 Å². The maximum atomic E-state index is 11.2. The zero-order valence-corrected chi connectivity index (χ0v) is 11.6. The minimum absolute atomic E-state index is 0. The summed E-state index contributed by atoms with van der Waals surface area (Å²) in [4.78, 5) is 11.2. The van der Waals surface area contributed by atoms with Crippen LogP contribution in [-0.2, 0) is 11.2 Å². The zero-order chi connectivity index (χ0) is 12.7. The zero-order valence-electron chi connectivity index (χ0n) is 10.8. The maximum Gasteiger partial charge on any atom is 0.236 e. The summed E-state index contributed by atoms with van der Waals surface area (Å²) in [5, 5.41) is 2.79. The van der Waals surface area contributed by atoms with E-state index in [4.69, 9.17) is 10.5 Å². The number of nitrogens with one attached hydrogen (secondary N) is 1. The summed E-state index contributed by atoms with van der Waals surface area (Å²) in [5.41, 5.74) is 6.67. The van der Waals surface area contributed by atoms with Gasteiger partial charge in [-0.1, -0.05) is 12.1 Å². The topological polar surface area (TPSA) is 64.3 Å². The lowest BCUT2D eigenvalue weighted by molar-refractivity contribution is -0.121. The van der Waals surface area contributed by atoms with Gasteiger partial charge in [0.25, 0.3) is 0 Å². The van der Waals surface area contributed by atoms with Crippen LogP contribution in [0, 0.1) is 0 Å². The van der Waals surface area contributed by atoms with Crippen LogP contribution in [-0.4, -0.2) is 25.6 Å². The van der Waals surface area contributed by atoms with Gasteiger partial charge in [-0.15, -0.1) is 12.4 Å². The van der Waals surface area contributed by atoms with Crippen molar-refractivity contribution in [1.82, 2.24) is 5.32 Å². The summed E-state index contributed by atoms with van der Waals surface area (Å²) < 4.78 is 5.08. The number of hydrogen-bond acceptors (Lipinski definition) is 3. The average molecular weight is 273 g/mol. The summed E-state index contributed by atoms with van der Waals surface area (Å²) in [7, 11) is 1.65. The van der Waals surface area contributed by atoms with Crippen molar-refractivity contribution < 1.29 is 9.53 Å². The molecule has 0 saturated heterocycles. The highest BCUT2D eigenvalue weighted by Crippen LogP contribution is 2.12. The fraction of sp³-hybridized carbons (Fsp3) is 0.462. The standard InChI is InChI=1S/C13H20N2O2.ClH/c1-10(14)13(16)15-9-3-4-11-5-7-12(17-2)8-6-11;/h5-8,10H,3-4,9,14H2,1-2H3,(H,15,16);1H/t10-;/m0./s1. The van der Waals surface area contributed by atoms with E-state index in [2.05, 4.69) is 5.32 Å². The van der Waals surface area contributed by atoms with E-state index in [9.17, 15) is 4.79 Å². The van der Waals surface area contributed by atoms with Crippen molar-refractivity contribution in [3.63, 3.8) is 0 Å². The summed E-state index contributed by atoms with van der Waals surface area (Å²) in [6, 6.07) is 7.51. The van der Waals surface area contributed by atoms with Gasteiger partial charge in [-0.3, -0.25) is 4.79 Å². The Morgan fingerprint density at radius 3 is 2.50 bits per heavy atom. The van der Waals surface area contributed by atoms with Crippen molar-refractivity contribution in [2.75, 3.05) is 13.7 Å². The second kappa shape index (κ2) is 8.78. The number of benzene rings is 1. The lowest BCUT2D eigenvalue weighted by Crippen LogP contribution is -2.38. The van der Waals surface area contributed by atoms with Crippen molar-refractivity contribution in [1.29, 1.82) is 0 Å². The van der Waals surface area contributed by atoms with Crippen LogP contribution in [0.4, 0.5) is 0 Å². The van der Waals surface area contributed by atoms with Crippen LogP contribution >= 0.6 is 12.4 Å². The van der Waals surface area contributed by atoms with Gasteiger partial charge in [-0.05, 0) is 37.5 Å². The third kappa shape index (κ3) is 5.89. The molecule has 4 nitrogen and oxygen atoms in total. The molecular weight excluding hydrogens is 252 g/mol. The molecule has 1 atom stereocenters. The van der Waals surface area contributed by atoms with Crippen molar-refractivity contribution in [2.24, 2.45) is 5.73 Å². The number of amides is 1. The summed E-state index contributed by atoms with van der Waals surface area (Å²) >= 11 is 0. The van der Waals surface area contributed by atoms with Crippen molar-refractivity contribution in [3.05, 3.63) is 29.8 Å². The van der Waals surface area contributed by atoms with Crippen molar-refractivity contribution in [3.8, 4) is 5.75 Å². The van der Waals surface area contributed by atoms with Gasteiger partial charge in [-0.25, -0.2) is 0 Å². The van der Waals surface area contributed by atoms with Gasteiger partial charge in [0.15, 0.2) is 0 Å². The predicted molar refractivity (Wildman–Crippen MR) is 75.2 cm³/mol. The quantitative estimate of drug-likeness (QED) is 0.772. The molecule has 1 rings (SSSR count). The largest absolute Gasteiger partial charge is 0.497 e. The Morgan fingerprint density at radius 1 is 1.39 bits per heavy atom. The average Bonchev–Trinajstić information content (AvgIpc) is 2.35. The molecule has 0 radical (unpaired) electrons. The Bertz CT molecular complexity index is 353. The maximum absolute atomic E-state index is 11.2. The molecule has 0 aliphatic rings. The van der Waals surface area contributed by atoms with Crippen LogP contribution in [0.5, 0.6) is 5.75 Å². The van der Waals surface area contributed by atoms with Gasteiger partial charge < -0.3 is 15.8 Å². The SMILES string of the molecule is COc1ccc(CCCNC(=O)[C@H](C)N)cc1.Cl. The van der Waals surface area contributed by atoms with Crippen LogP contribution in [0.2, 0.25) is 0 Å². The van der Waals surface area contributed by atoms with Crippen molar-refractivity contribution >= 4 is 18.3 Å². The molecule has 18 heavy (non-hydrogen) atoms. The Morgan fingerprint density at radius 2 is 2.00 bits per heavy atom. The van der Waals surface area contributed by atoms with E-state index in [-0.39, 0.29) is 18.3 Å². The Hall–Kier alpha value is -1.26. The van der Waals surface area contributed by atoms with E-state index in [1.54, 1.807) is 14.0 Å². The van der Waals surface area contributed by atoms with Gasteiger partial charge in [0.1, 0.15) is 5.75 Å². The number of aryl methyl sites for hydroxylation is 1. The number of hydrogen-bond donors (Lipinski definition) is 2. The third-order valence-corrected chi connectivity index (χ3v) is 2.51. The van der Waals surface area contributed by atoms with Gasteiger partial charge in [0.05, 0.1) is 13.2 Å². The van der Waals surface area contributed by atoms with Crippen molar-refractivity contribution in [2.45, 2.75) is 25.8 Å². The molecule has 0 bridgehead atoms. The summed E-state index contributed by atoms with van der Waals surface area (Å²) in [6.07, 6.45) is 1.84. The highest BCUT2D eigenvalue weighted by molar-refractivity contribution is 5.85. The molecule has 1 amide bonds. The third-order valence-electron chi connectivity index (χ3n) is 2.51. The van der Waals surface area contributed by atoms with Crippen LogP contribution in [0.25, 0.3) is 0 Å². The molecule has 1 aromatic carbocycles. The highest BCUT2D eigenvalue weighted by Gasteiger charge is 2.05. The smallest absolute Gasteiger partial charge is 0.236 e. The predicted octanol–water partition coefficient (Wildman–Crippen LogP) is 1.51. The lowest BCUT2D eigenvalue weighted by atomic mass is 10.1. The number of carbonyl (C=O) groups is 1. The fourth-order valence-corrected chi connectivity index (χ4v) is 1.46. The molecule has 3 N–H and O–H groups in total. The fourth-order valence-electron chi connectivity index (χ4n) is 1.46. The number of methoxy groups -OCH3 is 1. The molecule has 0 unspecified atom stereocenters. The van der Waals surface area contributed by atoms with Gasteiger partial charge in [0.2, 0.25) is 5.91 Å². The molecule has 5 heteroatoms. The molecule has 0 aromatic heterocycles. The molecule has 0 spiro atoms. The molecule has 0 aliphatic heterocycles. The summed E-state index contributed by atoms with van der Waals surface area (Å²) in [5.74, 6) is 0.763. The Labute approximate surface area is 114 Å². The van der Waals surface area contributed by atoms with E-state index in [1.807, 2.05) is 24.3 Å². The monoisotopic (exact) mass is 272 g/mol. The summed E-state index contributed by atoms with van der Waals surface area (Å²) in [6.45, 7) is 2.34. The van der Waals surface area contributed by atoms with E-state index < -0.39 is 6.04 Å². The number of nitrogens with two attached hydrogens (primary N) is 1. The van der Waals surface area contributed by atoms with Crippen LogP contribution < -0.4 is 15.8 Å². The molecule has 0 fully saturated rings. The van der Waals surface area contributed by atoms with E-state index in [0.717, 1.165) is 18.6 Å². The number of carbonyl (C=O) groups excluding carboxylic acids is 1. The lowest BCUT2D eigenvalue weighted by Gasteiger charge is -2.07. The second-order valence-electron chi connectivity index (χ2n) is 4.03. The molecule has 0 heterocycles. The molecular formula is C13H21ClN2O2. The minimum Gasteiger partial charge on any atom is -0.497 e. The van der Waals surface area contributed by atoms with Gasteiger partial charge >= 0.3 is 0 Å². The van der Waals surface area contributed by atoms with E-state index in [0.29, 0.717) is 6.54 Å². The Kier molecular flexibility index (Phi) is 8.16. The van der Waals surface area contributed by atoms with E-state index >= 15 is 0 Å². The van der Waals surface area contributed by atoms with E-state index in [1.165, 1.54) is 5.56 Å². The molecule has 0 aliphatic carbocycles. The second-order valence-corrected chi connectivity index (χ2v) is 4.03. The van der Waals surface area contributed by atoms with Crippen LogP contribution in [0.3, 0.4) is 0 Å². The highest BCUT2D eigenvalue weighted by atomic mass is 35.5. The number of ether oxygens (including phenoxy) is 1. The first kappa shape index (κ1) is 16.7. The first-order chi connectivity index (χ1) is 8.13. The van der Waals surface area contributed by atoms with Crippen LogP contribution in [0.1, 0.15) is 18.9 Å². The number of halogens is 1. The molecule has 102 valence electrons. The number of rotatable bonds is 6. The first-order valence-electron chi connectivity index (χ1n) is 5.79. The molecule has 0 saturated carbocycles. The molecule has 1 aromatic rings. The minimum atomic E-state index is -0.434. The first-order valence-corrected chi connectivity index (χ1v) is 5.79. The normalized spacial score (nSPS) is 11.3. The Balaban J connectivity index is 0.00000289.